The molecule has 1 aliphatic heterocycles. The number of hydrogen-bond acceptors (Lipinski definition) is 3. The summed E-state index contributed by atoms with van der Waals surface area (Å²) in [6.07, 6.45) is -0.0296. The van der Waals surface area contributed by atoms with E-state index in [0.29, 0.717) is 5.69 Å². The van der Waals surface area contributed by atoms with Crippen LogP contribution in [0, 0.1) is 11.7 Å². The fourth-order valence-electron chi connectivity index (χ4n) is 2.08. The van der Waals surface area contributed by atoms with E-state index in [4.69, 9.17) is 0 Å². The van der Waals surface area contributed by atoms with Gasteiger partial charge in [-0.1, -0.05) is 0 Å². The van der Waals surface area contributed by atoms with Gasteiger partial charge < -0.3 is 4.90 Å². The van der Waals surface area contributed by atoms with Crippen LogP contribution in [0.15, 0.2) is 22.7 Å². The Hall–Kier alpha value is -1.02. The van der Waals surface area contributed by atoms with Gasteiger partial charge in [0.2, 0.25) is 5.91 Å². The first kappa shape index (κ1) is 14.4. The van der Waals surface area contributed by atoms with Crippen molar-refractivity contribution in [1.82, 2.24) is 0 Å². The summed E-state index contributed by atoms with van der Waals surface area (Å²) in [5, 5.41) is 0. The Labute approximate surface area is 117 Å². The molecule has 2 rings (SSSR count). The van der Waals surface area contributed by atoms with Crippen LogP contribution < -0.4 is 4.90 Å². The summed E-state index contributed by atoms with van der Waals surface area (Å²) in [6, 6.07) is 4.05. The van der Waals surface area contributed by atoms with Crippen molar-refractivity contribution in [3.05, 3.63) is 28.5 Å². The van der Waals surface area contributed by atoms with Crippen molar-refractivity contribution in [2.75, 3.05) is 17.2 Å². The molecule has 1 saturated heterocycles. The molecule has 1 aliphatic rings. The predicted molar refractivity (Wildman–Crippen MR) is 69.5 cm³/mol. The van der Waals surface area contributed by atoms with Crippen LogP contribution in [0.2, 0.25) is 0 Å². The number of nitrogens with zero attached hydrogens (tertiary/aromatic N) is 1. The Balaban J connectivity index is 2.18. The fourth-order valence-corrected chi connectivity index (χ4v) is 3.23. The second kappa shape index (κ2) is 5.16. The predicted octanol–water partition coefficient (Wildman–Crippen LogP) is 2.24. The normalized spacial score (nSPS) is 20.1. The molecular weight excluding hydrogens is 344 g/mol. The van der Waals surface area contributed by atoms with Crippen LogP contribution in [0.5, 0.6) is 0 Å². The summed E-state index contributed by atoms with van der Waals surface area (Å²) in [4.78, 5) is 13.1. The van der Waals surface area contributed by atoms with Gasteiger partial charge in [-0.25, -0.2) is 4.39 Å². The number of benzene rings is 1. The number of carbonyl (C=O) groups excluding carboxylic acids is 1. The van der Waals surface area contributed by atoms with E-state index in [2.05, 4.69) is 15.9 Å². The van der Waals surface area contributed by atoms with Gasteiger partial charge >= 0.3 is 10.2 Å². The molecule has 1 fully saturated rings. The minimum atomic E-state index is -4.60. The topological polar surface area (TPSA) is 54.5 Å². The molecule has 1 aromatic carbocycles. The lowest BCUT2D eigenvalue weighted by Crippen LogP contribution is -2.25. The maximum Gasteiger partial charge on any atom is 0.302 e. The molecule has 1 unspecified atom stereocenters. The lowest BCUT2D eigenvalue weighted by molar-refractivity contribution is -0.117. The minimum Gasteiger partial charge on any atom is -0.312 e. The van der Waals surface area contributed by atoms with E-state index < -0.39 is 27.7 Å². The van der Waals surface area contributed by atoms with Gasteiger partial charge in [0.1, 0.15) is 5.82 Å². The number of halogens is 3. The molecule has 104 valence electrons. The first-order valence-electron chi connectivity index (χ1n) is 5.44. The molecule has 1 aromatic rings. The number of anilines is 1. The van der Waals surface area contributed by atoms with E-state index in [1.165, 1.54) is 23.1 Å². The zero-order valence-corrected chi connectivity index (χ0v) is 12.0. The molecule has 0 N–H and O–H groups in total. The highest BCUT2D eigenvalue weighted by atomic mass is 79.9. The van der Waals surface area contributed by atoms with Crippen LogP contribution >= 0.6 is 15.9 Å². The molecule has 8 heteroatoms. The Morgan fingerprint density at radius 2 is 2.11 bits per heavy atom. The third-order valence-electron chi connectivity index (χ3n) is 2.85. The summed E-state index contributed by atoms with van der Waals surface area (Å²) >= 11 is 3.01. The maximum atomic E-state index is 13.1. The Morgan fingerprint density at radius 1 is 1.42 bits per heavy atom. The fraction of sp³-hybridized carbons (Fsp3) is 0.364. The smallest absolute Gasteiger partial charge is 0.302 e. The highest BCUT2D eigenvalue weighted by Crippen LogP contribution is 2.29. The van der Waals surface area contributed by atoms with Crippen LogP contribution in [0.1, 0.15) is 6.42 Å². The second-order valence-corrected chi connectivity index (χ2v) is 6.64. The number of carbonyl (C=O) groups is 1. The standard InChI is InChI=1S/C11H10BrF2NO3S/c12-9-4-8(1-2-10(9)13)15-5-7(3-11(15)16)6-19(14,17)18/h1-2,4,7H,3,5-6H2. The molecule has 1 atom stereocenters. The van der Waals surface area contributed by atoms with Gasteiger partial charge in [-0.3, -0.25) is 4.79 Å². The van der Waals surface area contributed by atoms with Crippen LogP contribution in [-0.2, 0) is 15.0 Å². The van der Waals surface area contributed by atoms with Crippen LogP contribution in [-0.4, -0.2) is 26.6 Å². The molecule has 0 spiro atoms. The summed E-state index contributed by atoms with van der Waals surface area (Å²) in [5.74, 6) is -2.01. The number of rotatable bonds is 3. The van der Waals surface area contributed by atoms with Crippen molar-refractivity contribution < 1.29 is 21.5 Å². The largest absolute Gasteiger partial charge is 0.312 e. The van der Waals surface area contributed by atoms with Crippen LogP contribution in [0.25, 0.3) is 0 Å². The van der Waals surface area contributed by atoms with Gasteiger partial charge in [0.05, 0.1) is 10.2 Å². The average Bonchev–Trinajstić information content (AvgIpc) is 2.61. The van der Waals surface area contributed by atoms with E-state index in [1.807, 2.05) is 0 Å². The molecule has 19 heavy (non-hydrogen) atoms. The number of amides is 1. The second-order valence-electron chi connectivity index (χ2n) is 4.38. The van der Waals surface area contributed by atoms with Gasteiger partial charge in [-0.2, -0.15) is 8.42 Å². The van der Waals surface area contributed by atoms with Crippen molar-refractivity contribution in [3.63, 3.8) is 0 Å². The maximum absolute atomic E-state index is 13.1. The van der Waals surface area contributed by atoms with Gasteiger partial charge in [-0.05, 0) is 34.1 Å². The lowest BCUT2D eigenvalue weighted by atomic mass is 10.1. The van der Waals surface area contributed by atoms with E-state index in [1.54, 1.807) is 0 Å². The zero-order valence-electron chi connectivity index (χ0n) is 9.64. The molecular formula is C11H10BrF2NO3S. The Bertz CT molecular complexity index is 620. The SMILES string of the molecule is O=C1CC(CS(=O)(=O)F)CN1c1ccc(F)c(Br)c1. The van der Waals surface area contributed by atoms with E-state index in [9.17, 15) is 21.5 Å². The average molecular weight is 354 g/mol. The Morgan fingerprint density at radius 3 is 2.68 bits per heavy atom. The molecule has 4 nitrogen and oxygen atoms in total. The van der Waals surface area contributed by atoms with Gasteiger partial charge in [0.25, 0.3) is 0 Å². The zero-order chi connectivity index (χ0) is 14.2. The van der Waals surface area contributed by atoms with Crippen LogP contribution in [0.3, 0.4) is 0 Å². The summed E-state index contributed by atoms with van der Waals surface area (Å²) in [6.45, 7) is 0.111. The third-order valence-corrected chi connectivity index (χ3v) is 4.33. The van der Waals surface area contributed by atoms with Gasteiger partial charge in [0.15, 0.2) is 0 Å². The Kier molecular flexibility index (Phi) is 3.91. The molecule has 1 amide bonds. The van der Waals surface area contributed by atoms with Crippen molar-refractivity contribution in [3.8, 4) is 0 Å². The molecule has 0 bridgehead atoms. The van der Waals surface area contributed by atoms with Crippen LogP contribution in [0.4, 0.5) is 14.0 Å². The highest BCUT2D eigenvalue weighted by Gasteiger charge is 2.33. The summed E-state index contributed by atoms with van der Waals surface area (Å²) in [7, 11) is -4.60. The first-order chi connectivity index (χ1) is 8.76. The minimum absolute atomic E-state index is 0.0296. The lowest BCUT2D eigenvalue weighted by Gasteiger charge is -2.16. The van der Waals surface area contributed by atoms with Crippen molar-refractivity contribution in [2.45, 2.75) is 6.42 Å². The number of hydrogen-bond donors (Lipinski definition) is 0. The summed E-state index contributed by atoms with van der Waals surface area (Å²) in [5.41, 5.74) is 0.456. The van der Waals surface area contributed by atoms with Crippen molar-refractivity contribution in [1.29, 1.82) is 0 Å². The van der Waals surface area contributed by atoms with Gasteiger partial charge in [0, 0.05) is 24.6 Å². The van der Waals surface area contributed by atoms with Crippen molar-refractivity contribution >= 4 is 37.7 Å². The van der Waals surface area contributed by atoms with E-state index in [-0.39, 0.29) is 23.3 Å². The summed E-state index contributed by atoms with van der Waals surface area (Å²) < 4.78 is 47.1. The first-order valence-corrected chi connectivity index (χ1v) is 7.78. The molecule has 1 heterocycles. The van der Waals surface area contributed by atoms with Crippen molar-refractivity contribution in [2.24, 2.45) is 5.92 Å². The molecule has 0 saturated carbocycles. The van der Waals surface area contributed by atoms with E-state index >= 15 is 0 Å². The monoisotopic (exact) mass is 353 g/mol. The quantitative estimate of drug-likeness (QED) is 0.783. The van der Waals surface area contributed by atoms with E-state index in [0.717, 1.165) is 0 Å². The molecule has 0 aliphatic carbocycles. The third kappa shape index (κ3) is 3.50. The molecule has 0 aromatic heterocycles. The highest BCUT2D eigenvalue weighted by molar-refractivity contribution is 9.10. The molecule has 0 radical (unpaired) electrons. The van der Waals surface area contributed by atoms with Gasteiger partial charge in [-0.15, -0.1) is 3.89 Å².